The molecular weight excluding hydrogens is 349 g/mol. The van der Waals surface area contributed by atoms with Crippen LogP contribution in [0.5, 0.6) is 0 Å². The van der Waals surface area contributed by atoms with Gasteiger partial charge < -0.3 is 4.42 Å². The molecule has 5 rings (SSSR count). The molecule has 0 bridgehead atoms. The van der Waals surface area contributed by atoms with Crippen LogP contribution in [-0.2, 0) is 7.05 Å². The van der Waals surface area contributed by atoms with Crippen molar-refractivity contribution in [1.82, 2.24) is 0 Å². The van der Waals surface area contributed by atoms with Crippen LogP contribution >= 0.6 is 0 Å². The number of aromatic nitrogens is 1. The first-order valence-corrected chi connectivity index (χ1v) is 9.29. The van der Waals surface area contributed by atoms with Crippen molar-refractivity contribution in [3.63, 3.8) is 0 Å². The van der Waals surface area contributed by atoms with Gasteiger partial charge in [-0.25, -0.2) is 8.96 Å². The molecule has 28 heavy (non-hydrogen) atoms. The second kappa shape index (κ2) is 6.31. The van der Waals surface area contributed by atoms with Crippen LogP contribution in [0.4, 0.5) is 4.39 Å². The zero-order valence-corrected chi connectivity index (χ0v) is 15.7. The summed E-state index contributed by atoms with van der Waals surface area (Å²) >= 11 is 0. The number of benzene rings is 3. The van der Waals surface area contributed by atoms with Crippen LogP contribution in [0.25, 0.3) is 44.3 Å². The molecule has 5 aromatic rings. The van der Waals surface area contributed by atoms with Gasteiger partial charge in [0.1, 0.15) is 24.0 Å². The molecule has 0 aliphatic heterocycles. The third-order valence-electron chi connectivity index (χ3n) is 5.31. The van der Waals surface area contributed by atoms with Crippen LogP contribution in [0.1, 0.15) is 5.56 Å². The molecular formula is C25H19FNO+. The van der Waals surface area contributed by atoms with E-state index < -0.39 is 0 Å². The van der Waals surface area contributed by atoms with Gasteiger partial charge >= 0.3 is 0 Å². The van der Waals surface area contributed by atoms with Crippen LogP contribution < -0.4 is 4.57 Å². The molecule has 2 heterocycles. The lowest BCUT2D eigenvalue weighted by Gasteiger charge is -2.06. The molecule has 0 aliphatic carbocycles. The summed E-state index contributed by atoms with van der Waals surface area (Å²) in [5.74, 6) is -0.297. The lowest BCUT2D eigenvalue weighted by molar-refractivity contribution is -0.660. The largest absolute Gasteiger partial charge is 0.455 e. The van der Waals surface area contributed by atoms with E-state index in [1.165, 1.54) is 6.07 Å². The standard InChI is InChI=1S/C25H19FNO/c1-16-11-12-19-24-20(17-8-4-3-5-9-17)14-18(26)15-22(24)28-25(19)23(16)21-10-6-7-13-27(21)2/h3-15H,1-2H3/q+1. The van der Waals surface area contributed by atoms with Gasteiger partial charge in [0, 0.05) is 29.0 Å². The fraction of sp³-hybridized carbons (Fsp3) is 0.0800. The number of halogens is 1. The molecule has 0 saturated carbocycles. The van der Waals surface area contributed by atoms with Crippen molar-refractivity contribution in [1.29, 1.82) is 0 Å². The summed E-state index contributed by atoms with van der Waals surface area (Å²) in [6.45, 7) is 2.08. The summed E-state index contributed by atoms with van der Waals surface area (Å²) in [6, 6.07) is 23.2. The predicted octanol–water partition coefficient (Wildman–Crippen LogP) is 6.19. The molecule has 2 aromatic heterocycles. The van der Waals surface area contributed by atoms with Gasteiger partial charge in [-0.2, -0.15) is 0 Å². The topological polar surface area (TPSA) is 17.0 Å². The van der Waals surface area contributed by atoms with E-state index in [4.69, 9.17) is 4.42 Å². The van der Waals surface area contributed by atoms with Gasteiger partial charge in [0.2, 0.25) is 5.69 Å². The Morgan fingerprint density at radius 2 is 1.68 bits per heavy atom. The SMILES string of the molecule is Cc1ccc2c(oc3cc(F)cc(-c4ccccc4)c32)c1-c1cccc[n+]1C. The second-order valence-electron chi connectivity index (χ2n) is 7.13. The van der Waals surface area contributed by atoms with Crippen LogP contribution in [0.2, 0.25) is 0 Å². The quantitative estimate of drug-likeness (QED) is 0.339. The van der Waals surface area contributed by atoms with Gasteiger partial charge in [-0.15, -0.1) is 0 Å². The van der Waals surface area contributed by atoms with E-state index in [1.54, 1.807) is 6.07 Å². The highest BCUT2D eigenvalue weighted by atomic mass is 19.1. The smallest absolute Gasteiger partial charge is 0.216 e. The summed E-state index contributed by atoms with van der Waals surface area (Å²) in [5.41, 5.74) is 6.40. The van der Waals surface area contributed by atoms with Gasteiger partial charge in [-0.05, 0) is 35.7 Å². The monoisotopic (exact) mass is 368 g/mol. The van der Waals surface area contributed by atoms with Gasteiger partial charge in [0.15, 0.2) is 6.20 Å². The van der Waals surface area contributed by atoms with Crippen molar-refractivity contribution in [2.24, 2.45) is 7.05 Å². The molecule has 0 aliphatic rings. The van der Waals surface area contributed by atoms with E-state index >= 15 is 0 Å². The molecule has 136 valence electrons. The molecule has 0 saturated heterocycles. The third kappa shape index (κ3) is 2.51. The van der Waals surface area contributed by atoms with Gasteiger partial charge in [0.05, 0.1) is 5.56 Å². The Labute approximate surface area is 162 Å². The molecule has 0 radical (unpaired) electrons. The average molecular weight is 368 g/mol. The Morgan fingerprint density at radius 1 is 0.893 bits per heavy atom. The lowest BCUT2D eigenvalue weighted by Crippen LogP contribution is -2.30. The molecule has 0 atom stereocenters. The van der Waals surface area contributed by atoms with Gasteiger partial charge in [0.25, 0.3) is 0 Å². The molecule has 0 spiro atoms. The maximum atomic E-state index is 14.4. The Bertz CT molecular complexity index is 1340. The zero-order valence-electron chi connectivity index (χ0n) is 15.7. The fourth-order valence-corrected chi connectivity index (χ4v) is 3.98. The number of hydrogen-bond donors (Lipinski definition) is 0. The number of fused-ring (bicyclic) bond motifs is 3. The molecule has 2 nitrogen and oxygen atoms in total. The molecule has 0 N–H and O–H groups in total. The summed E-state index contributed by atoms with van der Waals surface area (Å²) in [7, 11) is 2.02. The first-order chi connectivity index (χ1) is 13.6. The van der Waals surface area contributed by atoms with Gasteiger partial charge in [-0.3, -0.25) is 0 Å². The first kappa shape index (κ1) is 16.7. The third-order valence-corrected chi connectivity index (χ3v) is 5.31. The maximum absolute atomic E-state index is 14.4. The molecule has 0 amide bonds. The number of nitrogens with zero attached hydrogens (tertiary/aromatic N) is 1. The molecule has 0 unspecified atom stereocenters. The summed E-state index contributed by atoms with van der Waals surface area (Å²) in [4.78, 5) is 0. The van der Waals surface area contributed by atoms with E-state index in [0.29, 0.717) is 5.58 Å². The minimum atomic E-state index is -0.297. The van der Waals surface area contributed by atoms with E-state index in [-0.39, 0.29) is 5.82 Å². The van der Waals surface area contributed by atoms with Crippen molar-refractivity contribution in [3.8, 4) is 22.4 Å². The summed E-state index contributed by atoms with van der Waals surface area (Å²) in [6.07, 6.45) is 2.02. The molecule has 3 heteroatoms. The van der Waals surface area contributed by atoms with Crippen molar-refractivity contribution < 1.29 is 13.4 Å². The number of aryl methyl sites for hydroxylation is 2. The van der Waals surface area contributed by atoms with Crippen LogP contribution in [0, 0.1) is 12.7 Å². The lowest BCUT2D eigenvalue weighted by atomic mass is 9.96. The van der Waals surface area contributed by atoms with Crippen LogP contribution in [-0.4, -0.2) is 0 Å². The normalized spacial score (nSPS) is 11.4. The van der Waals surface area contributed by atoms with Crippen LogP contribution in [0.3, 0.4) is 0 Å². The number of hydrogen-bond acceptors (Lipinski definition) is 1. The van der Waals surface area contributed by atoms with Crippen molar-refractivity contribution in [2.45, 2.75) is 6.92 Å². The first-order valence-electron chi connectivity index (χ1n) is 9.29. The van der Waals surface area contributed by atoms with Gasteiger partial charge in [-0.1, -0.05) is 42.5 Å². The van der Waals surface area contributed by atoms with E-state index in [1.807, 2.05) is 55.7 Å². The van der Waals surface area contributed by atoms with Crippen molar-refractivity contribution in [3.05, 3.63) is 90.4 Å². The highest BCUT2D eigenvalue weighted by Gasteiger charge is 2.22. The van der Waals surface area contributed by atoms with Crippen LogP contribution in [0.15, 0.2) is 83.4 Å². The average Bonchev–Trinajstić information content (AvgIpc) is 3.07. The summed E-state index contributed by atoms with van der Waals surface area (Å²) in [5, 5.41) is 1.95. The Hall–Kier alpha value is -3.46. The molecule has 0 fully saturated rings. The second-order valence-corrected chi connectivity index (χ2v) is 7.13. The molecule has 3 aromatic carbocycles. The van der Waals surface area contributed by atoms with E-state index in [0.717, 1.165) is 44.3 Å². The van der Waals surface area contributed by atoms with Crippen molar-refractivity contribution in [2.75, 3.05) is 0 Å². The fourth-order valence-electron chi connectivity index (χ4n) is 3.98. The minimum absolute atomic E-state index is 0.297. The number of rotatable bonds is 2. The van der Waals surface area contributed by atoms with E-state index in [2.05, 4.69) is 29.7 Å². The van der Waals surface area contributed by atoms with Crippen molar-refractivity contribution >= 4 is 21.9 Å². The summed E-state index contributed by atoms with van der Waals surface area (Å²) < 4.78 is 22.8. The number of pyridine rings is 1. The predicted molar refractivity (Wildman–Crippen MR) is 110 cm³/mol. The minimum Gasteiger partial charge on any atom is -0.455 e. The van der Waals surface area contributed by atoms with E-state index in [9.17, 15) is 4.39 Å². The Morgan fingerprint density at radius 3 is 2.46 bits per heavy atom. The maximum Gasteiger partial charge on any atom is 0.216 e. The highest BCUT2D eigenvalue weighted by Crippen LogP contribution is 2.41. The number of furan rings is 1. The highest BCUT2D eigenvalue weighted by molar-refractivity contribution is 6.15. The Balaban J connectivity index is 1.93. The Kier molecular flexibility index (Phi) is 3.76. The zero-order chi connectivity index (χ0) is 19.3.